The third-order valence-corrected chi connectivity index (χ3v) is 5.55. The van der Waals surface area contributed by atoms with E-state index in [0.717, 1.165) is 32.2 Å². The van der Waals surface area contributed by atoms with Gasteiger partial charge in [0.25, 0.3) is 10.2 Å². The van der Waals surface area contributed by atoms with E-state index in [2.05, 4.69) is 23.9 Å². The third kappa shape index (κ3) is 6.08. The van der Waals surface area contributed by atoms with Crippen molar-refractivity contribution in [2.24, 2.45) is 11.8 Å². The quantitative estimate of drug-likeness (QED) is 0.716. The SMILES string of the molecule is CNCC1CCCN(S(=O)(=O)NC(C)CCC(C)C)C1. The molecule has 5 nitrogen and oxygen atoms in total. The first-order chi connectivity index (χ1) is 9.35. The van der Waals surface area contributed by atoms with Crippen LogP contribution in [0, 0.1) is 11.8 Å². The van der Waals surface area contributed by atoms with Crippen molar-refractivity contribution in [3.8, 4) is 0 Å². The van der Waals surface area contributed by atoms with Crippen molar-refractivity contribution in [2.45, 2.75) is 52.5 Å². The zero-order valence-electron chi connectivity index (χ0n) is 13.4. The Labute approximate surface area is 124 Å². The van der Waals surface area contributed by atoms with Crippen molar-refractivity contribution >= 4 is 10.2 Å². The fourth-order valence-electron chi connectivity index (χ4n) is 2.67. The Morgan fingerprint density at radius 3 is 2.55 bits per heavy atom. The minimum Gasteiger partial charge on any atom is -0.319 e. The summed E-state index contributed by atoms with van der Waals surface area (Å²) in [4.78, 5) is 0. The molecule has 2 atom stereocenters. The van der Waals surface area contributed by atoms with Crippen LogP contribution < -0.4 is 10.0 Å². The minimum absolute atomic E-state index is 0.00655. The van der Waals surface area contributed by atoms with Gasteiger partial charge in [0.1, 0.15) is 0 Å². The molecule has 20 heavy (non-hydrogen) atoms. The molecule has 0 amide bonds. The standard InChI is InChI=1S/C14H31N3O2S/c1-12(2)7-8-13(3)16-20(18,19)17-9-5-6-14(11-17)10-15-4/h12-16H,5-11H2,1-4H3. The monoisotopic (exact) mass is 305 g/mol. The molecule has 0 aromatic carbocycles. The van der Waals surface area contributed by atoms with Crippen molar-refractivity contribution in [2.75, 3.05) is 26.7 Å². The summed E-state index contributed by atoms with van der Waals surface area (Å²) in [5.41, 5.74) is 0. The van der Waals surface area contributed by atoms with Gasteiger partial charge >= 0.3 is 0 Å². The van der Waals surface area contributed by atoms with Crippen LogP contribution in [0.2, 0.25) is 0 Å². The first-order valence-electron chi connectivity index (χ1n) is 7.77. The molecule has 1 aliphatic rings. The van der Waals surface area contributed by atoms with E-state index in [0.29, 0.717) is 24.9 Å². The lowest BCUT2D eigenvalue weighted by Crippen LogP contribution is -2.49. The molecule has 1 rings (SSSR count). The highest BCUT2D eigenvalue weighted by atomic mass is 32.2. The Bertz CT molecular complexity index is 369. The molecule has 2 N–H and O–H groups in total. The molecule has 1 saturated heterocycles. The zero-order chi connectivity index (χ0) is 15.2. The van der Waals surface area contributed by atoms with Crippen molar-refractivity contribution in [1.82, 2.24) is 14.3 Å². The molecular formula is C14H31N3O2S. The molecule has 0 spiro atoms. The van der Waals surface area contributed by atoms with Gasteiger partial charge in [0.2, 0.25) is 0 Å². The maximum atomic E-state index is 12.4. The largest absolute Gasteiger partial charge is 0.319 e. The van der Waals surface area contributed by atoms with E-state index in [4.69, 9.17) is 0 Å². The maximum Gasteiger partial charge on any atom is 0.279 e. The first-order valence-corrected chi connectivity index (χ1v) is 9.21. The number of nitrogens with one attached hydrogen (secondary N) is 2. The highest BCUT2D eigenvalue weighted by Gasteiger charge is 2.29. The van der Waals surface area contributed by atoms with Crippen LogP contribution in [0.4, 0.5) is 0 Å². The van der Waals surface area contributed by atoms with Crippen LogP contribution in [0.1, 0.15) is 46.5 Å². The Balaban J connectivity index is 2.50. The normalized spacial score (nSPS) is 23.1. The van der Waals surface area contributed by atoms with E-state index in [-0.39, 0.29) is 6.04 Å². The smallest absolute Gasteiger partial charge is 0.279 e. The second-order valence-electron chi connectivity index (χ2n) is 6.42. The van der Waals surface area contributed by atoms with Gasteiger partial charge in [-0.25, -0.2) is 0 Å². The van der Waals surface area contributed by atoms with Crippen molar-refractivity contribution in [3.05, 3.63) is 0 Å². The first kappa shape index (κ1) is 17.9. The number of nitrogens with zero attached hydrogens (tertiary/aromatic N) is 1. The van der Waals surface area contributed by atoms with Crippen LogP contribution in [0.3, 0.4) is 0 Å². The Morgan fingerprint density at radius 1 is 1.25 bits per heavy atom. The molecule has 0 bridgehead atoms. The molecule has 0 aromatic rings. The zero-order valence-corrected chi connectivity index (χ0v) is 14.2. The molecule has 1 heterocycles. The average Bonchev–Trinajstić information content (AvgIpc) is 2.37. The van der Waals surface area contributed by atoms with Gasteiger partial charge in [-0.15, -0.1) is 0 Å². The van der Waals surface area contributed by atoms with Crippen LogP contribution >= 0.6 is 0 Å². The van der Waals surface area contributed by atoms with Crippen LogP contribution in [-0.4, -0.2) is 45.4 Å². The molecule has 0 saturated carbocycles. The summed E-state index contributed by atoms with van der Waals surface area (Å²) in [7, 11) is -1.41. The van der Waals surface area contributed by atoms with Gasteiger partial charge in [-0.2, -0.15) is 17.4 Å². The highest BCUT2D eigenvalue weighted by Crippen LogP contribution is 2.18. The highest BCUT2D eigenvalue weighted by molar-refractivity contribution is 7.87. The van der Waals surface area contributed by atoms with E-state index in [1.807, 2.05) is 14.0 Å². The number of piperidine rings is 1. The van der Waals surface area contributed by atoms with Crippen LogP contribution in [0.25, 0.3) is 0 Å². The summed E-state index contributed by atoms with van der Waals surface area (Å²) in [6.45, 7) is 8.44. The predicted octanol–water partition coefficient (Wildman–Crippen LogP) is 1.58. The average molecular weight is 305 g/mol. The van der Waals surface area contributed by atoms with Gasteiger partial charge < -0.3 is 5.32 Å². The summed E-state index contributed by atoms with van der Waals surface area (Å²) >= 11 is 0. The molecular weight excluding hydrogens is 274 g/mol. The van der Waals surface area contributed by atoms with Gasteiger partial charge in [0.05, 0.1) is 0 Å². The molecule has 0 aromatic heterocycles. The van der Waals surface area contributed by atoms with E-state index in [1.165, 1.54) is 0 Å². The molecule has 120 valence electrons. The second kappa shape index (κ2) is 8.32. The molecule has 0 radical (unpaired) electrons. The van der Waals surface area contributed by atoms with E-state index < -0.39 is 10.2 Å². The van der Waals surface area contributed by atoms with Gasteiger partial charge in [0.15, 0.2) is 0 Å². The maximum absolute atomic E-state index is 12.4. The molecule has 2 unspecified atom stereocenters. The summed E-state index contributed by atoms with van der Waals surface area (Å²) in [5, 5.41) is 3.14. The van der Waals surface area contributed by atoms with Crippen LogP contribution in [0.5, 0.6) is 0 Å². The van der Waals surface area contributed by atoms with Crippen molar-refractivity contribution in [1.29, 1.82) is 0 Å². The van der Waals surface area contributed by atoms with E-state index in [9.17, 15) is 8.42 Å². The van der Waals surface area contributed by atoms with E-state index >= 15 is 0 Å². The predicted molar refractivity (Wildman–Crippen MR) is 83.8 cm³/mol. The lowest BCUT2D eigenvalue weighted by atomic mass is 10.00. The minimum atomic E-state index is -3.33. The van der Waals surface area contributed by atoms with Crippen molar-refractivity contribution < 1.29 is 8.42 Å². The fraction of sp³-hybridized carbons (Fsp3) is 1.00. The van der Waals surface area contributed by atoms with Crippen LogP contribution in [0.15, 0.2) is 0 Å². The summed E-state index contributed by atoms with van der Waals surface area (Å²) in [6.07, 6.45) is 4.00. The van der Waals surface area contributed by atoms with Gasteiger partial charge in [-0.05, 0) is 58.0 Å². The lowest BCUT2D eigenvalue weighted by molar-refractivity contribution is 0.259. The second-order valence-corrected chi connectivity index (χ2v) is 8.12. The van der Waals surface area contributed by atoms with E-state index in [1.54, 1.807) is 4.31 Å². The third-order valence-electron chi connectivity index (χ3n) is 3.84. The lowest BCUT2D eigenvalue weighted by Gasteiger charge is -2.32. The van der Waals surface area contributed by atoms with Gasteiger partial charge in [-0.3, -0.25) is 0 Å². The molecule has 1 fully saturated rings. The van der Waals surface area contributed by atoms with Crippen molar-refractivity contribution in [3.63, 3.8) is 0 Å². The molecule has 0 aliphatic carbocycles. The Morgan fingerprint density at radius 2 is 1.95 bits per heavy atom. The summed E-state index contributed by atoms with van der Waals surface area (Å²) in [6, 6.07) is 0.00655. The number of rotatable bonds is 8. The Hall–Kier alpha value is -0.170. The molecule has 6 heteroatoms. The topological polar surface area (TPSA) is 61.4 Å². The number of hydrogen-bond donors (Lipinski definition) is 2. The van der Waals surface area contributed by atoms with Gasteiger partial charge in [-0.1, -0.05) is 13.8 Å². The summed E-state index contributed by atoms with van der Waals surface area (Å²) in [5.74, 6) is 1.04. The Kier molecular flexibility index (Phi) is 7.43. The fourth-order valence-corrected chi connectivity index (χ4v) is 4.22. The van der Waals surface area contributed by atoms with Crippen LogP contribution in [-0.2, 0) is 10.2 Å². The number of hydrogen-bond acceptors (Lipinski definition) is 3. The van der Waals surface area contributed by atoms with Gasteiger partial charge in [0, 0.05) is 19.1 Å². The molecule has 1 aliphatic heterocycles. The summed E-state index contributed by atoms with van der Waals surface area (Å²) < 4.78 is 29.2.